The zero-order valence-electron chi connectivity index (χ0n) is 14.6. The summed E-state index contributed by atoms with van der Waals surface area (Å²) >= 11 is 0. The van der Waals surface area contributed by atoms with Gasteiger partial charge in [0.25, 0.3) is 0 Å². The van der Waals surface area contributed by atoms with E-state index in [-0.39, 0.29) is 5.56 Å². The zero-order valence-corrected chi connectivity index (χ0v) is 14.6. The van der Waals surface area contributed by atoms with Crippen LogP contribution in [-0.2, 0) is 0 Å². The van der Waals surface area contributed by atoms with Crippen molar-refractivity contribution in [3.8, 4) is 17.2 Å². The number of hydrogen-bond donors (Lipinski definition) is 2. The monoisotopic (exact) mass is 345 g/mol. The Labute approximate surface area is 147 Å². The molecule has 0 bridgehead atoms. The van der Waals surface area contributed by atoms with Gasteiger partial charge in [0.15, 0.2) is 11.5 Å². The van der Waals surface area contributed by atoms with Crippen LogP contribution in [0.1, 0.15) is 28.4 Å². The quantitative estimate of drug-likeness (QED) is 0.867. The molecule has 1 heterocycles. The maximum absolute atomic E-state index is 10.8. The van der Waals surface area contributed by atoms with Crippen molar-refractivity contribution in [3.05, 3.63) is 53.6 Å². The van der Waals surface area contributed by atoms with Crippen LogP contribution in [0.2, 0.25) is 0 Å². The van der Waals surface area contributed by atoms with Gasteiger partial charge in [-0.3, -0.25) is 0 Å². The molecule has 6 heteroatoms. The largest absolute Gasteiger partial charge is 0.493 e. The van der Waals surface area contributed by atoms with Crippen LogP contribution in [0.15, 0.2) is 42.5 Å². The van der Waals surface area contributed by atoms with E-state index in [1.807, 2.05) is 0 Å². The molecule has 0 saturated carbocycles. The van der Waals surface area contributed by atoms with Crippen molar-refractivity contribution in [2.24, 2.45) is 0 Å². The number of benzene rings is 2. The van der Waals surface area contributed by atoms with Crippen LogP contribution in [0, 0.1) is 0 Å². The predicted octanol–water partition coefficient (Wildman–Crippen LogP) is 3.13. The minimum atomic E-state index is -1.05. The van der Waals surface area contributed by atoms with E-state index in [4.69, 9.17) is 19.3 Å². The molecule has 1 atom stereocenters. The first-order valence-corrected chi connectivity index (χ1v) is 7.92. The van der Waals surface area contributed by atoms with Crippen LogP contribution >= 0.6 is 0 Å². The number of ether oxygens (including phenoxy) is 3. The van der Waals surface area contributed by atoms with Gasteiger partial charge in [0.1, 0.15) is 0 Å². The van der Waals surface area contributed by atoms with Gasteiger partial charge in [-0.25, -0.2) is 4.79 Å². The van der Waals surface area contributed by atoms with Gasteiger partial charge in [-0.05, 0) is 30.7 Å². The topological polar surface area (TPSA) is 77.0 Å². The summed E-state index contributed by atoms with van der Waals surface area (Å²) in [5.41, 5.74) is 1.51. The maximum atomic E-state index is 10.8. The highest BCUT2D eigenvalue weighted by molar-refractivity contribution is 5.89. The van der Waals surface area contributed by atoms with Gasteiger partial charge < -0.3 is 24.6 Å². The summed E-state index contributed by atoms with van der Waals surface area (Å²) in [7, 11) is 4.33. The van der Waals surface area contributed by atoms with E-state index in [0.29, 0.717) is 23.3 Å². The highest BCUT2D eigenvalue weighted by Gasteiger charge is 2.17. The average Bonchev–Trinajstić information content (AvgIpc) is 2.60. The van der Waals surface area contributed by atoms with Gasteiger partial charge >= 0.3 is 5.97 Å². The third-order valence-corrected chi connectivity index (χ3v) is 3.94. The van der Waals surface area contributed by atoms with Crippen molar-refractivity contribution in [2.75, 3.05) is 27.9 Å². The van der Waals surface area contributed by atoms with Crippen LogP contribution in [-0.4, -0.2) is 38.9 Å². The second-order valence-corrected chi connectivity index (χ2v) is 5.43. The van der Waals surface area contributed by atoms with Crippen LogP contribution in [0.5, 0.6) is 17.2 Å². The maximum Gasteiger partial charge on any atom is 0.335 e. The molecule has 0 aliphatic carbocycles. The Kier molecular flexibility index (Phi) is 6.65. The molecule has 0 radical (unpaired) electrons. The molecule has 0 aromatic heterocycles. The summed E-state index contributed by atoms with van der Waals surface area (Å²) in [6, 6.07) is 14.0. The summed E-state index contributed by atoms with van der Waals surface area (Å²) in [6.07, 6.45) is 1.30. The summed E-state index contributed by atoms with van der Waals surface area (Å²) in [4.78, 5) is 10.8. The normalized spacial score (nSPS) is 15.2. The zero-order chi connectivity index (χ0) is 18.2. The van der Waals surface area contributed by atoms with E-state index < -0.39 is 5.97 Å². The molecule has 2 N–H and O–H groups in total. The Morgan fingerprint density at radius 3 is 1.96 bits per heavy atom. The fourth-order valence-electron chi connectivity index (χ4n) is 2.46. The molecule has 1 saturated heterocycles. The smallest absolute Gasteiger partial charge is 0.335 e. The number of hydrogen-bond acceptors (Lipinski definition) is 5. The van der Waals surface area contributed by atoms with Crippen LogP contribution in [0.25, 0.3) is 0 Å². The van der Waals surface area contributed by atoms with Crippen molar-refractivity contribution < 1.29 is 24.1 Å². The minimum absolute atomic E-state index is 0.0875. The van der Waals surface area contributed by atoms with E-state index in [2.05, 4.69) is 35.6 Å². The number of carboxylic acids is 1. The Morgan fingerprint density at radius 2 is 1.60 bits per heavy atom. The summed E-state index contributed by atoms with van der Waals surface area (Å²) in [5.74, 6) is -0.0113. The highest BCUT2D eigenvalue weighted by atomic mass is 16.5. The lowest BCUT2D eigenvalue weighted by molar-refractivity contribution is 0.0696. The fourth-order valence-corrected chi connectivity index (χ4v) is 2.46. The van der Waals surface area contributed by atoms with E-state index in [1.54, 1.807) is 0 Å². The first kappa shape index (κ1) is 18.6. The Bertz CT molecular complexity index is 673. The Hall–Kier alpha value is -2.73. The first-order chi connectivity index (χ1) is 12.1. The van der Waals surface area contributed by atoms with E-state index in [1.165, 1.54) is 52.0 Å². The summed E-state index contributed by atoms with van der Waals surface area (Å²) < 4.78 is 15.1. The summed E-state index contributed by atoms with van der Waals surface area (Å²) in [5, 5.41) is 12.2. The van der Waals surface area contributed by atoms with E-state index in [9.17, 15) is 4.79 Å². The minimum Gasteiger partial charge on any atom is -0.493 e. The molecule has 0 amide bonds. The number of methoxy groups -OCH3 is 3. The number of carbonyl (C=O) groups is 1. The van der Waals surface area contributed by atoms with Crippen molar-refractivity contribution in [2.45, 2.75) is 12.5 Å². The molecule has 134 valence electrons. The number of aromatic carboxylic acids is 1. The van der Waals surface area contributed by atoms with Gasteiger partial charge in [-0.2, -0.15) is 0 Å². The lowest BCUT2D eigenvalue weighted by Crippen LogP contribution is -2.34. The van der Waals surface area contributed by atoms with Crippen LogP contribution in [0.4, 0.5) is 0 Å². The van der Waals surface area contributed by atoms with Crippen molar-refractivity contribution >= 4 is 5.97 Å². The molecule has 1 unspecified atom stereocenters. The molecule has 6 nitrogen and oxygen atoms in total. The lowest BCUT2D eigenvalue weighted by atomic mass is 9.98. The van der Waals surface area contributed by atoms with Crippen LogP contribution in [0.3, 0.4) is 0 Å². The number of carboxylic acid groups (broad SMARTS) is 1. The van der Waals surface area contributed by atoms with Gasteiger partial charge in [0.2, 0.25) is 5.75 Å². The molecule has 1 fully saturated rings. The first-order valence-electron chi connectivity index (χ1n) is 7.92. The van der Waals surface area contributed by atoms with Gasteiger partial charge in [-0.1, -0.05) is 30.3 Å². The highest BCUT2D eigenvalue weighted by Crippen LogP contribution is 2.38. The third-order valence-electron chi connectivity index (χ3n) is 3.94. The number of nitrogens with one attached hydrogen (secondary N) is 1. The lowest BCUT2D eigenvalue weighted by Gasteiger charge is -2.27. The Balaban J connectivity index is 0.000000194. The average molecular weight is 345 g/mol. The molecule has 1 aliphatic rings. The standard InChI is InChI=1S/C10H12O5.C9H11N/c1-13-7-4-6(10(11)12)5-8(14-2)9(7)15-3;1-2-4-8(5-3-1)9-6-7-10-9/h4-5H,1-3H3,(H,11,12);1-5,9-10H,6-7H2. The molecule has 3 rings (SSSR count). The predicted molar refractivity (Wildman–Crippen MR) is 94.9 cm³/mol. The molecule has 25 heavy (non-hydrogen) atoms. The molecular weight excluding hydrogens is 322 g/mol. The van der Waals surface area contributed by atoms with Crippen molar-refractivity contribution in [1.82, 2.24) is 5.32 Å². The van der Waals surface area contributed by atoms with Crippen molar-refractivity contribution in [1.29, 1.82) is 0 Å². The number of rotatable bonds is 5. The Morgan fingerprint density at radius 1 is 1.04 bits per heavy atom. The molecule has 2 aromatic rings. The third kappa shape index (κ3) is 4.64. The van der Waals surface area contributed by atoms with Gasteiger partial charge in [-0.15, -0.1) is 0 Å². The van der Waals surface area contributed by atoms with Gasteiger partial charge in [0.05, 0.1) is 26.9 Å². The second-order valence-electron chi connectivity index (χ2n) is 5.43. The van der Waals surface area contributed by atoms with Crippen molar-refractivity contribution in [3.63, 3.8) is 0 Å². The van der Waals surface area contributed by atoms with Gasteiger partial charge in [0, 0.05) is 6.04 Å². The van der Waals surface area contributed by atoms with E-state index >= 15 is 0 Å². The molecular formula is C19H23NO5. The molecule has 2 aromatic carbocycles. The van der Waals surface area contributed by atoms with Crippen LogP contribution < -0.4 is 19.5 Å². The molecule has 0 spiro atoms. The van der Waals surface area contributed by atoms with E-state index in [0.717, 1.165) is 0 Å². The fraction of sp³-hybridized carbons (Fsp3) is 0.316. The molecule has 1 aliphatic heterocycles. The SMILES string of the molecule is COc1cc(C(=O)O)cc(OC)c1OC.c1ccc(C2CCN2)cc1. The summed E-state index contributed by atoms with van der Waals surface area (Å²) in [6.45, 7) is 1.18. The second kappa shape index (κ2) is 8.94.